The summed E-state index contributed by atoms with van der Waals surface area (Å²) in [6.45, 7) is 2.98. The van der Waals surface area contributed by atoms with Crippen molar-refractivity contribution in [2.45, 2.75) is 19.4 Å². The smallest absolute Gasteiger partial charge is 0.0624 e. The Morgan fingerprint density at radius 3 is 2.57 bits per heavy atom. The van der Waals surface area contributed by atoms with Crippen LogP contribution in [0.5, 0.6) is 0 Å². The van der Waals surface area contributed by atoms with Gasteiger partial charge in [0.15, 0.2) is 0 Å². The van der Waals surface area contributed by atoms with Gasteiger partial charge in [-0.25, -0.2) is 0 Å². The van der Waals surface area contributed by atoms with Gasteiger partial charge in [-0.3, -0.25) is 0 Å². The van der Waals surface area contributed by atoms with E-state index >= 15 is 0 Å². The Morgan fingerprint density at radius 1 is 1.14 bits per heavy atom. The van der Waals surface area contributed by atoms with Gasteiger partial charge in [0.1, 0.15) is 0 Å². The third-order valence-corrected chi connectivity index (χ3v) is 5.28. The molecular formula is C16H15Br2Cl2N. The Balaban J connectivity index is 2.33. The number of benzene rings is 2. The van der Waals surface area contributed by atoms with Gasteiger partial charge in [0.25, 0.3) is 0 Å². The molecule has 21 heavy (non-hydrogen) atoms. The number of hydrogen-bond acceptors (Lipinski definition) is 1. The Kier molecular flexibility index (Phi) is 6.57. The summed E-state index contributed by atoms with van der Waals surface area (Å²) in [5.74, 6) is 0. The van der Waals surface area contributed by atoms with Crippen LogP contribution >= 0.6 is 55.1 Å². The summed E-state index contributed by atoms with van der Waals surface area (Å²) in [6, 6.07) is 12.1. The lowest BCUT2D eigenvalue weighted by molar-refractivity contribution is 0.548. The maximum atomic E-state index is 6.31. The Labute approximate surface area is 152 Å². The van der Waals surface area contributed by atoms with Gasteiger partial charge in [0, 0.05) is 15.0 Å². The molecule has 0 aliphatic heterocycles. The molecule has 0 bridgehead atoms. The minimum atomic E-state index is 0.174. The SMILES string of the molecule is CCNC(Cc1cccc(Cl)c1Cl)c1ccc(Br)cc1Br. The maximum absolute atomic E-state index is 6.31. The van der Waals surface area contributed by atoms with Gasteiger partial charge in [-0.2, -0.15) is 0 Å². The van der Waals surface area contributed by atoms with Crippen LogP contribution in [-0.4, -0.2) is 6.54 Å². The number of halogens is 4. The molecule has 0 spiro atoms. The summed E-state index contributed by atoms with van der Waals surface area (Å²) in [6.07, 6.45) is 0.785. The Bertz CT molecular complexity index is 632. The zero-order valence-corrected chi connectivity index (χ0v) is 16.2. The molecule has 0 aliphatic carbocycles. The Hall–Kier alpha value is -0.0600. The highest BCUT2D eigenvalue weighted by Gasteiger charge is 2.16. The maximum Gasteiger partial charge on any atom is 0.0624 e. The van der Waals surface area contributed by atoms with Crippen LogP contribution in [-0.2, 0) is 6.42 Å². The van der Waals surface area contributed by atoms with Gasteiger partial charge in [-0.1, -0.05) is 80.2 Å². The third kappa shape index (κ3) is 4.46. The van der Waals surface area contributed by atoms with E-state index in [0.29, 0.717) is 10.0 Å². The molecule has 1 nitrogen and oxygen atoms in total. The van der Waals surface area contributed by atoms with Crippen molar-refractivity contribution in [3.8, 4) is 0 Å². The fraction of sp³-hybridized carbons (Fsp3) is 0.250. The van der Waals surface area contributed by atoms with Gasteiger partial charge in [-0.15, -0.1) is 0 Å². The lowest BCUT2D eigenvalue weighted by atomic mass is 9.99. The van der Waals surface area contributed by atoms with Gasteiger partial charge < -0.3 is 5.32 Å². The molecule has 0 aliphatic rings. The lowest BCUT2D eigenvalue weighted by Gasteiger charge is -2.21. The molecule has 1 unspecified atom stereocenters. The van der Waals surface area contributed by atoms with Gasteiger partial charge >= 0.3 is 0 Å². The van der Waals surface area contributed by atoms with Crippen LogP contribution in [0.1, 0.15) is 24.1 Å². The second kappa shape index (κ2) is 7.98. The van der Waals surface area contributed by atoms with E-state index in [0.717, 1.165) is 27.5 Å². The standard InChI is InChI=1S/C16H15Br2Cl2N/c1-2-21-15(12-7-6-11(17)9-13(12)18)8-10-4-3-5-14(19)16(10)20/h3-7,9,15,21H,2,8H2,1H3. The molecule has 1 atom stereocenters. The normalized spacial score (nSPS) is 12.4. The minimum absolute atomic E-state index is 0.174. The second-order valence-corrected chi connectivity index (χ2v) is 7.25. The van der Waals surface area contributed by atoms with Crippen LogP contribution in [0.25, 0.3) is 0 Å². The average Bonchev–Trinajstić information content (AvgIpc) is 2.43. The summed E-state index contributed by atoms with van der Waals surface area (Å²) in [5, 5.41) is 4.74. The first-order chi connectivity index (χ1) is 10.0. The predicted octanol–water partition coefficient (Wildman–Crippen LogP) is 6.41. The molecule has 0 saturated carbocycles. The van der Waals surface area contributed by atoms with Crippen LogP contribution in [0.15, 0.2) is 45.3 Å². The minimum Gasteiger partial charge on any atom is -0.310 e. The first-order valence-corrected chi connectivity index (χ1v) is 8.98. The van der Waals surface area contributed by atoms with Crippen molar-refractivity contribution in [3.63, 3.8) is 0 Å². The van der Waals surface area contributed by atoms with E-state index in [-0.39, 0.29) is 6.04 Å². The van der Waals surface area contributed by atoms with Crippen LogP contribution in [0, 0.1) is 0 Å². The zero-order valence-electron chi connectivity index (χ0n) is 11.5. The van der Waals surface area contributed by atoms with Crippen LogP contribution < -0.4 is 5.32 Å². The molecule has 0 fully saturated rings. The Morgan fingerprint density at radius 2 is 1.90 bits per heavy atom. The van der Waals surface area contributed by atoms with Crippen LogP contribution in [0.3, 0.4) is 0 Å². The molecule has 0 saturated heterocycles. The summed E-state index contributed by atoms with van der Waals surface area (Å²) < 4.78 is 2.12. The molecule has 0 amide bonds. The second-order valence-electron chi connectivity index (χ2n) is 4.69. The van der Waals surface area contributed by atoms with E-state index in [1.54, 1.807) is 0 Å². The van der Waals surface area contributed by atoms with E-state index in [1.165, 1.54) is 5.56 Å². The van der Waals surface area contributed by atoms with E-state index in [1.807, 2.05) is 24.3 Å². The van der Waals surface area contributed by atoms with Crippen molar-refractivity contribution in [2.75, 3.05) is 6.54 Å². The first-order valence-electron chi connectivity index (χ1n) is 6.64. The summed E-state index contributed by atoms with van der Waals surface area (Å²) in [4.78, 5) is 0. The predicted molar refractivity (Wildman–Crippen MR) is 98.4 cm³/mol. The molecular weight excluding hydrogens is 437 g/mol. The molecule has 0 aromatic heterocycles. The monoisotopic (exact) mass is 449 g/mol. The lowest BCUT2D eigenvalue weighted by Crippen LogP contribution is -2.23. The van der Waals surface area contributed by atoms with Crippen molar-refractivity contribution >= 4 is 55.1 Å². The highest BCUT2D eigenvalue weighted by atomic mass is 79.9. The quantitative estimate of drug-likeness (QED) is 0.553. The van der Waals surface area contributed by atoms with Crippen molar-refractivity contribution in [1.29, 1.82) is 0 Å². The molecule has 1 N–H and O–H groups in total. The summed E-state index contributed by atoms with van der Waals surface area (Å²) in [5.41, 5.74) is 2.25. The van der Waals surface area contributed by atoms with Crippen molar-refractivity contribution < 1.29 is 0 Å². The van der Waals surface area contributed by atoms with Crippen molar-refractivity contribution in [3.05, 3.63) is 66.5 Å². The molecule has 0 heterocycles. The fourth-order valence-corrected chi connectivity index (χ4v) is 3.97. The number of hydrogen-bond donors (Lipinski definition) is 1. The summed E-state index contributed by atoms with van der Waals surface area (Å²) in [7, 11) is 0. The topological polar surface area (TPSA) is 12.0 Å². The number of likely N-dealkylation sites (N-methyl/N-ethyl adjacent to an activating group) is 1. The highest BCUT2D eigenvalue weighted by molar-refractivity contribution is 9.11. The van der Waals surface area contributed by atoms with E-state index in [2.05, 4.69) is 56.2 Å². The molecule has 2 aromatic carbocycles. The average molecular weight is 452 g/mol. The van der Waals surface area contributed by atoms with E-state index in [9.17, 15) is 0 Å². The number of rotatable bonds is 5. The third-order valence-electron chi connectivity index (χ3n) is 3.24. The fourth-order valence-electron chi connectivity index (χ4n) is 2.25. The molecule has 112 valence electrons. The van der Waals surface area contributed by atoms with Crippen LogP contribution in [0.4, 0.5) is 0 Å². The van der Waals surface area contributed by atoms with E-state index < -0.39 is 0 Å². The van der Waals surface area contributed by atoms with Crippen molar-refractivity contribution in [1.82, 2.24) is 5.32 Å². The molecule has 0 radical (unpaired) electrons. The largest absolute Gasteiger partial charge is 0.310 e. The summed E-state index contributed by atoms with van der Waals surface area (Å²) >= 11 is 19.5. The number of nitrogens with one attached hydrogen (secondary N) is 1. The van der Waals surface area contributed by atoms with Gasteiger partial charge in [0.2, 0.25) is 0 Å². The van der Waals surface area contributed by atoms with Crippen LogP contribution in [0.2, 0.25) is 10.0 Å². The zero-order chi connectivity index (χ0) is 15.4. The highest BCUT2D eigenvalue weighted by Crippen LogP contribution is 2.32. The van der Waals surface area contributed by atoms with Gasteiger partial charge in [0.05, 0.1) is 10.0 Å². The molecule has 2 aromatic rings. The molecule has 2 rings (SSSR count). The van der Waals surface area contributed by atoms with E-state index in [4.69, 9.17) is 23.2 Å². The van der Waals surface area contributed by atoms with Crippen molar-refractivity contribution in [2.24, 2.45) is 0 Å². The van der Waals surface area contributed by atoms with Gasteiger partial charge in [-0.05, 0) is 42.3 Å². The molecule has 5 heteroatoms. The first kappa shape index (κ1) is 17.3.